The van der Waals surface area contributed by atoms with Gasteiger partial charge in [0.2, 0.25) is 0 Å². The number of hydrogen-bond donors (Lipinski definition) is 2. The van der Waals surface area contributed by atoms with E-state index in [0.717, 1.165) is 22.0 Å². The van der Waals surface area contributed by atoms with Crippen LogP contribution in [0.15, 0.2) is 59.8 Å². The molecule has 2 amide bonds. The summed E-state index contributed by atoms with van der Waals surface area (Å²) in [4.78, 5) is 35.6. The second-order valence-corrected chi connectivity index (χ2v) is 9.47. The van der Waals surface area contributed by atoms with Crippen molar-refractivity contribution in [2.75, 3.05) is 12.4 Å². The number of nitro groups is 1. The lowest BCUT2D eigenvalue weighted by molar-refractivity contribution is -0.385. The molecule has 1 heterocycles. The van der Waals surface area contributed by atoms with Crippen LogP contribution in [0.5, 0.6) is 5.88 Å². The van der Waals surface area contributed by atoms with E-state index in [9.17, 15) is 19.7 Å². The molecule has 0 fully saturated rings. The quantitative estimate of drug-likeness (QED) is 0.263. The van der Waals surface area contributed by atoms with E-state index < -0.39 is 16.9 Å². The zero-order valence-electron chi connectivity index (χ0n) is 21.6. The standard InChI is InChI=1S/C26H30N6O5/c1-16(28-29-23(33)17(2)31-15-22(32(35)36)25(30-31)37-6)18-9-13-21(14-10-18)27-24(34)19-7-11-20(12-8-19)26(3,4)5/h7-15,17H,1-6H3,(H,27,34)(H,29,33)/b28-16-/t17-/m0/s1. The number of carbonyl (C=O) groups excluding carboxylic acids is 2. The summed E-state index contributed by atoms with van der Waals surface area (Å²) >= 11 is 0. The van der Waals surface area contributed by atoms with Crippen LogP contribution in [0.25, 0.3) is 0 Å². The number of ether oxygens (including phenoxy) is 1. The molecule has 0 spiro atoms. The summed E-state index contributed by atoms with van der Waals surface area (Å²) < 4.78 is 6.03. The molecule has 0 aliphatic heterocycles. The number of nitrogens with zero attached hydrogens (tertiary/aromatic N) is 4. The largest absolute Gasteiger partial charge is 0.475 e. The van der Waals surface area contributed by atoms with Crippen LogP contribution >= 0.6 is 0 Å². The fourth-order valence-corrected chi connectivity index (χ4v) is 3.37. The SMILES string of the molecule is COc1nn([C@@H](C)C(=O)N/N=C(/C)c2ccc(NC(=O)c3ccc(C(C)(C)C)cc3)cc2)cc1[N+](=O)[O-]. The molecule has 1 aromatic heterocycles. The molecule has 0 radical (unpaired) electrons. The predicted molar refractivity (Wildman–Crippen MR) is 140 cm³/mol. The number of carbonyl (C=O) groups is 2. The number of anilines is 1. The van der Waals surface area contributed by atoms with E-state index in [1.165, 1.54) is 14.0 Å². The van der Waals surface area contributed by atoms with Gasteiger partial charge in [0.05, 0.1) is 17.7 Å². The van der Waals surface area contributed by atoms with Gasteiger partial charge in [-0.05, 0) is 54.7 Å². The highest BCUT2D eigenvalue weighted by atomic mass is 16.6. The Morgan fingerprint density at radius 2 is 1.68 bits per heavy atom. The third-order valence-corrected chi connectivity index (χ3v) is 5.75. The molecule has 2 aromatic carbocycles. The van der Waals surface area contributed by atoms with Crippen molar-refractivity contribution in [2.24, 2.45) is 5.10 Å². The van der Waals surface area contributed by atoms with Crippen LogP contribution < -0.4 is 15.5 Å². The van der Waals surface area contributed by atoms with Crippen molar-refractivity contribution in [3.8, 4) is 5.88 Å². The average Bonchev–Trinajstić information content (AvgIpc) is 3.31. The summed E-state index contributed by atoms with van der Waals surface area (Å²) in [5.74, 6) is -0.908. The van der Waals surface area contributed by atoms with E-state index in [4.69, 9.17) is 4.74 Å². The van der Waals surface area contributed by atoms with Gasteiger partial charge in [-0.25, -0.2) is 10.1 Å². The summed E-state index contributed by atoms with van der Waals surface area (Å²) in [5, 5.41) is 22.0. The number of hydrazone groups is 1. The van der Waals surface area contributed by atoms with Crippen molar-refractivity contribution in [1.29, 1.82) is 0 Å². The molecule has 0 unspecified atom stereocenters. The fraction of sp³-hybridized carbons (Fsp3) is 0.308. The zero-order chi connectivity index (χ0) is 27.3. The molecule has 3 aromatic rings. The van der Waals surface area contributed by atoms with Crippen molar-refractivity contribution in [1.82, 2.24) is 15.2 Å². The maximum atomic E-state index is 12.6. The third-order valence-electron chi connectivity index (χ3n) is 5.75. The van der Waals surface area contributed by atoms with Crippen LogP contribution in [-0.4, -0.2) is 39.3 Å². The average molecular weight is 507 g/mol. The Kier molecular flexibility index (Phi) is 8.06. The van der Waals surface area contributed by atoms with Crippen LogP contribution in [0, 0.1) is 10.1 Å². The Balaban J connectivity index is 1.61. The summed E-state index contributed by atoms with van der Waals surface area (Å²) in [6, 6.07) is 13.7. The minimum absolute atomic E-state index is 0.00915. The Morgan fingerprint density at radius 3 is 2.19 bits per heavy atom. The molecule has 0 aliphatic rings. The minimum atomic E-state index is -0.866. The van der Waals surface area contributed by atoms with Crippen molar-refractivity contribution in [3.05, 3.63) is 81.5 Å². The topological polar surface area (TPSA) is 141 Å². The first-order valence-electron chi connectivity index (χ1n) is 11.5. The minimum Gasteiger partial charge on any atom is -0.475 e. The van der Waals surface area contributed by atoms with Gasteiger partial charge >= 0.3 is 11.6 Å². The Hall–Kier alpha value is -4.54. The van der Waals surface area contributed by atoms with E-state index in [1.807, 2.05) is 24.3 Å². The Morgan fingerprint density at radius 1 is 1.08 bits per heavy atom. The molecular weight excluding hydrogens is 476 g/mol. The Labute approximate surface area is 214 Å². The molecule has 3 rings (SSSR count). The molecule has 0 bridgehead atoms. The van der Waals surface area contributed by atoms with Gasteiger partial charge in [-0.15, -0.1) is 5.10 Å². The third kappa shape index (κ3) is 6.57. The first-order valence-corrected chi connectivity index (χ1v) is 11.5. The van der Waals surface area contributed by atoms with E-state index in [1.54, 1.807) is 31.2 Å². The summed E-state index contributed by atoms with van der Waals surface area (Å²) in [7, 11) is 1.26. The van der Waals surface area contributed by atoms with Crippen molar-refractivity contribution in [3.63, 3.8) is 0 Å². The number of rotatable bonds is 8. The van der Waals surface area contributed by atoms with Crippen molar-refractivity contribution in [2.45, 2.75) is 46.1 Å². The second kappa shape index (κ2) is 11.0. The zero-order valence-corrected chi connectivity index (χ0v) is 21.6. The van der Waals surface area contributed by atoms with Crippen molar-refractivity contribution >= 4 is 28.9 Å². The van der Waals surface area contributed by atoms with E-state index in [2.05, 4.69) is 41.7 Å². The van der Waals surface area contributed by atoms with E-state index in [-0.39, 0.29) is 22.9 Å². The van der Waals surface area contributed by atoms with Crippen LogP contribution in [-0.2, 0) is 10.2 Å². The lowest BCUT2D eigenvalue weighted by Crippen LogP contribution is -2.28. The number of methoxy groups -OCH3 is 1. The highest BCUT2D eigenvalue weighted by molar-refractivity contribution is 6.05. The van der Waals surface area contributed by atoms with Gasteiger partial charge in [-0.3, -0.25) is 19.7 Å². The van der Waals surface area contributed by atoms with Gasteiger partial charge in [-0.2, -0.15) is 5.10 Å². The Bertz CT molecular complexity index is 1320. The maximum Gasteiger partial charge on any atom is 0.350 e. The van der Waals surface area contributed by atoms with E-state index >= 15 is 0 Å². The summed E-state index contributed by atoms with van der Waals surface area (Å²) in [6.07, 6.45) is 1.13. The molecule has 11 heteroatoms. The van der Waals surface area contributed by atoms with Crippen LogP contribution in [0.1, 0.15) is 62.1 Å². The molecule has 11 nitrogen and oxygen atoms in total. The maximum absolute atomic E-state index is 12.6. The lowest BCUT2D eigenvalue weighted by Gasteiger charge is -2.19. The normalized spacial score (nSPS) is 12.5. The van der Waals surface area contributed by atoms with Crippen molar-refractivity contribution < 1.29 is 19.2 Å². The van der Waals surface area contributed by atoms with Gasteiger partial charge < -0.3 is 10.1 Å². The number of nitrogens with one attached hydrogen (secondary N) is 2. The highest BCUT2D eigenvalue weighted by Crippen LogP contribution is 2.26. The van der Waals surface area contributed by atoms with Gasteiger partial charge in [0, 0.05) is 11.3 Å². The van der Waals surface area contributed by atoms with Gasteiger partial charge in [-0.1, -0.05) is 45.0 Å². The van der Waals surface area contributed by atoms with Crippen LogP contribution in [0.4, 0.5) is 11.4 Å². The number of benzene rings is 2. The molecule has 194 valence electrons. The first-order chi connectivity index (χ1) is 17.4. The van der Waals surface area contributed by atoms with Gasteiger partial charge in [0.25, 0.3) is 11.8 Å². The van der Waals surface area contributed by atoms with Crippen LogP contribution in [0.2, 0.25) is 0 Å². The lowest BCUT2D eigenvalue weighted by atomic mass is 9.87. The smallest absolute Gasteiger partial charge is 0.350 e. The molecule has 0 saturated carbocycles. The number of amides is 2. The molecule has 0 aliphatic carbocycles. The monoisotopic (exact) mass is 506 g/mol. The summed E-state index contributed by atoms with van der Waals surface area (Å²) in [6.45, 7) is 9.60. The molecule has 2 N–H and O–H groups in total. The highest BCUT2D eigenvalue weighted by Gasteiger charge is 2.25. The van der Waals surface area contributed by atoms with E-state index in [0.29, 0.717) is 17.0 Å². The fourth-order valence-electron chi connectivity index (χ4n) is 3.37. The number of aromatic nitrogens is 2. The molecular formula is C26H30N6O5. The van der Waals surface area contributed by atoms with Gasteiger partial charge in [0.15, 0.2) is 0 Å². The second-order valence-electron chi connectivity index (χ2n) is 9.47. The molecule has 0 saturated heterocycles. The molecule has 37 heavy (non-hydrogen) atoms. The first kappa shape index (κ1) is 27.1. The van der Waals surface area contributed by atoms with Gasteiger partial charge in [0.1, 0.15) is 12.2 Å². The number of hydrogen-bond acceptors (Lipinski definition) is 7. The molecule has 1 atom stereocenters. The summed E-state index contributed by atoms with van der Waals surface area (Å²) in [5.41, 5.74) is 5.71. The van der Waals surface area contributed by atoms with Crippen LogP contribution in [0.3, 0.4) is 0 Å². The predicted octanol–water partition coefficient (Wildman–Crippen LogP) is 4.45.